The molecule has 1 aliphatic rings. The molecule has 1 aromatic rings. The first-order valence-corrected chi connectivity index (χ1v) is 5.44. The van der Waals surface area contributed by atoms with E-state index in [1.54, 1.807) is 6.20 Å². The third-order valence-electron chi connectivity index (χ3n) is 2.20. The van der Waals surface area contributed by atoms with Gasteiger partial charge in [0.25, 0.3) is 0 Å². The molecule has 1 aliphatic heterocycles. The highest BCUT2D eigenvalue weighted by molar-refractivity contribution is 6.32. The third-order valence-corrected chi connectivity index (χ3v) is 2.20. The van der Waals surface area contributed by atoms with Gasteiger partial charge in [-0.15, -0.1) is 0 Å². The maximum Gasteiger partial charge on any atom is 0.128 e. The highest BCUT2D eigenvalue weighted by Crippen LogP contribution is 2.15. The van der Waals surface area contributed by atoms with E-state index >= 15 is 0 Å². The zero-order valence-electron chi connectivity index (χ0n) is 9.32. The van der Waals surface area contributed by atoms with Gasteiger partial charge in [0, 0.05) is 19.3 Å². The summed E-state index contributed by atoms with van der Waals surface area (Å²) in [5, 5.41) is 0. The van der Waals surface area contributed by atoms with Crippen molar-refractivity contribution in [2.24, 2.45) is 5.73 Å². The Bertz CT molecular complexity index is 268. The van der Waals surface area contributed by atoms with Crippen LogP contribution in [-0.4, -0.2) is 32.5 Å². The van der Waals surface area contributed by atoms with Crippen LogP contribution in [0.5, 0.6) is 0 Å². The fraction of sp³-hybridized carbons (Fsp3) is 0.545. The monoisotopic (exact) mass is 203 g/mol. The summed E-state index contributed by atoms with van der Waals surface area (Å²) in [6.45, 7) is 4.92. The number of rotatable bonds is 1. The lowest BCUT2D eigenvalue weighted by Gasteiger charge is -2.15. The van der Waals surface area contributed by atoms with Gasteiger partial charge in [0.2, 0.25) is 0 Å². The molecule has 3 nitrogen and oxygen atoms in total. The van der Waals surface area contributed by atoms with Crippen LogP contribution in [0.3, 0.4) is 0 Å². The van der Waals surface area contributed by atoms with Crippen molar-refractivity contribution in [2.45, 2.75) is 19.8 Å². The zero-order valence-corrected chi connectivity index (χ0v) is 9.32. The molecule has 0 amide bonds. The minimum Gasteiger partial charge on any atom is -0.357 e. The summed E-state index contributed by atoms with van der Waals surface area (Å²) in [5.41, 5.74) is 5.58. The van der Waals surface area contributed by atoms with Crippen LogP contribution in [0.2, 0.25) is 0 Å². The molecule has 2 radical (unpaired) electrons. The van der Waals surface area contributed by atoms with Crippen LogP contribution in [0.4, 0.5) is 5.82 Å². The van der Waals surface area contributed by atoms with Gasteiger partial charge in [0.15, 0.2) is 0 Å². The van der Waals surface area contributed by atoms with Crippen molar-refractivity contribution in [3.05, 3.63) is 18.3 Å². The Morgan fingerprint density at radius 3 is 2.47 bits per heavy atom. The molecule has 80 valence electrons. The molecule has 1 aromatic heterocycles. The molecule has 0 atom stereocenters. The van der Waals surface area contributed by atoms with E-state index in [2.05, 4.69) is 9.88 Å². The summed E-state index contributed by atoms with van der Waals surface area (Å²) in [7, 11) is 5.54. The Kier molecular flexibility index (Phi) is 5.19. The first-order chi connectivity index (χ1) is 7.27. The van der Waals surface area contributed by atoms with Crippen molar-refractivity contribution < 1.29 is 0 Å². The standard InChI is InChI=1S/C9H11BN2.C2H7N/c10-8-3-4-9(11-7-8)12-5-1-2-6-12;1-2-3/h3-4,7H,1-2,5-6H2;2-3H2,1H3. The van der Waals surface area contributed by atoms with Gasteiger partial charge in [-0.2, -0.15) is 0 Å². The van der Waals surface area contributed by atoms with E-state index in [-0.39, 0.29) is 0 Å². The molecule has 15 heavy (non-hydrogen) atoms. The molecule has 2 N–H and O–H groups in total. The molecule has 4 heteroatoms. The van der Waals surface area contributed by atoms with E-state index in [1.807, 2.05) is 19.1 Å². The number of nitrogens with two attached hydrogens (primary N) is 1. The number of hydrogen-bond donors (Lipinski definition) is 1. The maximum absolute atomic E-state index is 5.54. The number of pyridine rings is 1. The second-order valence-corrected chi connectivity index (χ2v) is 3.55. The number of aromatic nitrogens is 1. The van der Waals surface area contributed by atoms with Gasteiger partial charge >= 0.3 is 0 Å². The summed E-state index contributed by atoms with van der Waals surface area (Å²) < 4.78 is 0. The summed E-state index contributed by atoms with van der Waals surface area (Å²) in [4.78, 5) is 6.55. The molecule has 0 aliphatic carbocycles. The van der Waals surface area contributed by atoms with Crippen molar-refractivity contribution in [2.75, 3.05) is 24.5 Å². The van der Waals surface area contributed by atoms with Crippen molar-refractivity contribution in [3.8, 4) is 0 Å². The van der Waals surface area contributed by atoms with Crippen LogP contribution in [0.25, 0.3) is 0 Å². The lowest BCUT2D eigenvalue weighted by Crippen LogP contribution is -2.19. The Balaban J connectivity index is 0.000000337. The third kappa shape index (κ3) is 3.92. The Hall–Kier alpha value is -1.03. The van der Waals surface area contributed by atoms with Gasteiger partial charge < -0.3 is 10.6 Å². The van der Waals surface area contributed by atoms with E-state index in [4.69, 9.17) is 13.6 Å². The van der Waals surface area contributed by atoms with Gasteiger partial charge in [-0.05, 0) is 25.5 Å². The molecule has 2 heterocycles. The first-order valence-electron chi connectivity index (χ1n) is 5.44. The number of nitrogens with zero attached hydrogens (tertiary/aromatic N) is 2. The molecule has 0 unspecified atom stereocenters. The second kappa shape index (κ2) is 6.46. The van der Waals surface area contributed by atoms with Crippen LogP contribution in [-0.2, 0) is 0 Å². The SMILES string of the molecule is CCN.[B]c1ccc(N2CCCC2)nc1. The van der Waals surface area contributed by atoms with Gasteiger partial charge in [0.1, 0.15) is 13.7 Å². The number of anilines is 1. The van der Waals surface area contributed by atoms with Gasteiger partial charge in [-0.25, -0.2) is 4.98 Å². The molecule has 0 spiro atoms. The fourth-order valence-corrected chi connectivity index (χ4v) is 1.53. The van der Waals surface area contributed by atoms with Gasteiger partial charge in [0.05, 0.1) is 0 Å². The topological polar surface area (TPSA) is 42.1 Å². The van der Waals surface area contributed by atoms with Crippen LogP contribution in [0.15, 0.2) is 18.3 Å². The van der Waals surface area contributed by atoms with Crippen LogP contribution >= 0.6 is 0 Å². The Morgan fingerprint density at radius 1 is 1.40 bits per heavy atom. The normalized spacial score (nSPS) is 14.7. The van der Waals surface area contributed by atoms with Gasteiger partial charge in [-0.1, -0.05) is 18.5 Å². The Morgan fingerprint density at radius 2 is 2.00 bits per heavy atom. The molecule has 1 saturated heterocycles. The molecule has 0 aromatic carbocycles. The smallest absolute Gasteiger partial charge is 0.128 e. The van der Waals surface area contributed by atoms with Crippen LogP contribution in [0, 0.1) is 0 Å². The highest BCUT2D eigenvalue weighted by atomic mass is 15.2. The van der Waals surface area contributed by atoms with Crippen molar-refractivity contribution >= 4 is 19.1 Å². The van der Waals surface area contributed by atoms with E-state index < -0.39 is 0 Å². The molecule has 1 fully saturated rings. The van der Waals surface area contributed by atoms with Crippen molar-refractivity contribution in [3.63, 3.8) is 0 Å². The molecular weight excluding hydrogens is 185 g/mol. The predicted octanol–water partition coefficient (Wildman–Crippen LogP) is 0.441. The molecule has 2 rings (SSSR count). The maximum atomic E-state index is 5.54. The summed E-state index contributed by atoms with van der Waals surface area (Å²) in [5.74, 6) is 1.06. The van der Waals surface area contributed by atoms with E-state index in [0.29, 0.717) is 0 Å². The minimum absolute atomic E-state index is 0.734. The van der Waals surface area contributed by atoms with Crippen molar-refractivity contribution in [1.82, 2.24) is 4.98 Å². The lowest BCUT2D eigenvalue weighted by atomic mass is 9.99. The van der Waals surface area contributed by atoms with E-state index in [0.717, 1.165) is 30.9 Å². The molecular formula is C11H18BN3. The predicted molar refractivity (Wildman–Crippen MR) is 65.8 cm³/mol. The molecule has 0 saturated carbocycles. The lowest BCUT2D eigenvalue weighted by molar-refractivity contribution is 0.939. The largest absolute Gasteiger partial charge is 0.357 e. The average molecular weight is 203 g/mol. The average Bonchev–Trinajstić information content (AvgIpc) is 2.73. The van der Waals surface area contributed by atoms with E-state index in [1.165, 1.54) is 12.8 Å². The molecule has 0 bridgehead atoms. The fourth-order valence-electron chi connectivity index (χ4n) is 1.53. The van der Waals surface area contributed by atoms with Crippen LogP contribution < -0.4 is 16.1 Å². The summed E-state index contributed by atoms with van der Waals surface area (Å²) in [6.07, 6.45) is 4.28. The Labute approximate surface area is 93.1 Å². The number of hydrogen-bond acceptors (Lipinski definition) is 3. The first kappa shape index (κ1) is 12.0. The van der Waals surface area contributed by atoms with Crippen LogP contribution in [0.1, 0.15) is 19.8 Å². The van der Waals surface area contributed by atoms with Crippen molar-refractivity contribution in [1.29, 1.82) is 0 Å². The minimum atomic E-state index is 0.734. The quantitative estimate of drug-likeness (QED) is 0.673. The summed E-state index contributed by atoms with van der Waals surface area (Å²) in [6, 6.07) is 3.89. The second-order valence-electron chi connectivity index (χ2n) is 3.55. The zero-order chi connectivity index (χ0) is 11.1. The van der Waals surface area contributed by atoms with E-state index in [9.17, 15) is 0 Å². The summed E-state index contributed by atoms with van der Waals surface area (Å²) >= 11 is 0. The van der Waals surface area contributed by atoms with Gasteiger partial charge in [-0.3, -0.25) is 0 Å². The highest BCUT2D eigenvalue weighted by Gasteiger charge is 2.12.